The number of pyridine rings is 1. The number of aryl methyl sites for hydroxylation is 1. The molecule has 0 spiro atoms. The van der Waals surface area contributed by atoms with Gasteiger partial charge in [-0.3, -0.25) is 0 Å². The Balaban J connectivity index is 1.43. The molecule has 0 unspecified atom stereocenters. The van der Waals surface area contributed by atoms with E-state index in [0.717, 1.165) is 29.7 Å². The third kappa shape index (κ3) is 3.30. The van der Waals surface area contributed by atoms with Crippen LogP contribution in [-0.2, 0) is 9.84 Å². The van der Waals surface area contributed by atoms with E-state index < -0.39 is 9.84 Å². The Kier molecular flexibility index (Phi) is 4.70. The van der Waals surface area contributed by atoms with Gasteiger partial charge in [0.1, 0.15) is 17.8 Å². The zero-order chi connectivity index (χ0) is 19.9. The summed E-state index contributed by atoms with van der Waals surface area (Å²) >= 11 is 0. The van der Waals surface area contributed by atoms with E-state index in [1.165, 1.54) is 13.3 Å². The van der Waals surface area contributed by atoms with Crippen molar-refractivity contribution in [2.24, 2.45) is 5.92 Å². The van der Waals surface area contributed by atoms with Crippen LogP contribution in [0.1, 0.15) is 18.4 Å². The smallest absolute Gasteiger partial charge is 0.213 e. The van der Waals surface area contributed by atoms with Gasteiger partial charge in [0.15, 0.2) is 9.84 Å². The molecule has 4 rings (SSSR count). The highest BCUT2D eigenvalue weighted by molar-refractivity contribution is 7.91. The van der Waals surface area contributed by atoms with Crippen molar-refractivity contribution in [1.29, 1.82) is 0 Å². The molecule has 1 saturated carbocycles. The van der Waals surface area contributed by atoms with E-state index in [9.17, 15) is 8.42 Å². The number of nitrogens with zero attached hydrogens (tertiary/aromatic N) is 4. The largest absolute Gasteiger partial charge is 0.481 e. The maximum absolute atomic E-state index is 12.8. The van der Waals surface area contributed by atoms with E-state index in [-0.39, 0.29) is 22.6 Å². The minimum Gasteiger partial charge on any atom is -0.481 e. The van der Waals surface area contributed by atoms with Crippen LogP contribution in [0.2, 0.25) is 0 Å². The lowest BCUT2D eigenvalue weighted by molar-refractivity contribution is 0.282. The lowest BCUT2D eigenvalue weighted by Crippen LogP contribution is -2.45. The van der Waals surface area contributed by atoms with Gasteiger partial charge in [-0.25, -0.2) is 23.4 Å². The first-order chi connectivity index (χ1) is 13.4. The molecular weight excluding hydrogens is 378 g/mol. The van der Waals surface area contributed by atoms with Gasteiger partial charge in [0, 0.05) is 31.5 Å². The molecular formula is C19H23N5O3S. The fourth-order valence-corrected chi connectivity index (χ4v) is 5.66. The first kappa shape index (κ1) is 18.7. The number of aromatic nitrogens is 4. The molecule has 0 atom stereocenters. The first-order valence-corrected chi connectivity index (χ1v) is 10.8. The number of methoxy groups -OCH3 is 1. The van der Waals surface area contributed by atoms with Crippen molar-refractivity contribution in [2.45, 2.75) is 30.7 Å². The van der Waals surface area contributed by atoms with Gasteiger partial charge in [-0.15, -0.1) is 0 Å². The SMILES string of the molecule is COc1cc(C)c(S(=O)(=O)C[C@H]2C[C@@H](N(C)c3ncnc4[nH]ccc34)C2)cn1. The van der Waals surface area contributed by atoms with Gasteiger partial charge in [-0.1, -0.05) is 0 Å². The van der Waals surface area contributed by atoms with Gasteiger partial charge in [0.25, 0.3) is 0 Å². The number of rotatable bonds is 6. The molecule has 3 aromatic rings. The average Bonchev–Trinajstić information content (AvgIpc) is 3.12. The molecule has 1 N–H and O–H groups in total. The number of aromatic amines is 1. The molecule has 9 heteroatoms. The monoisotopic (exact) mass is 401 g/mol. The van der Waals surface area contributed by atoms with Crippen LogP contribution in [0.4, 0.5) is 5.82 Å². The second-order valence-corrected chi connectivity index (χ2v) is 9.32. The Morgan fingerprint density at radius 2 is 2.07 bits per heavy atom. The van der Waals surface area contributed by atoms with Gasteiger partial charge >= 0.3 is 0 Å². The zero-order valence-electron chi connectivity index (χ0n) is 16.1. The molecule has 1 aliphatic carbocycles. The normalized spacial score (nSPS) is 19.4. The van der Waals surface area contributed by atoms with Crippen molar-refractivity contribution in [2.75, 3.05) is 24.8 Å². The maximum atomic E-state index is 12.8. The molecule has 1 fully saturated rings. The van der Waals surface area contributed by atoms with E-state index >= 15 is 0 Å². The Morgan fingerprint density at radius 1 is 1.29 bits per heavy atom. The number of fused-ring (bicyclic) bond motifs is 1. The predicted molar refractivity (Wildman–Crippen MR) is 106 cm³/mol. The summed E-state index contributed by atoms with van der Waals surface area (Å²) in [4.78, 5) is 18.2. The van der Waals surface area contributed by atoms with Gasteiger partial charge in [-0.2, -0.15) is 0 Å². The maximum Gasteiger partial charge on any atom is 0.213 e. The molecule has 0 amide bonds. The van der Waals surface area contributed by atoms with Crippen LogP contribution in [0.15, 0.2) is 35.7 Å². The summed E-state index contributed by atoms with van der Waals surface area (Å²) in [7, 11) is 0.133. The quantitative estimate of drug-likeness (QED) is 0.676. The van der Waals surface area contributed by atoms with Gasteiger partial charge in [-0.05, 0) is 37.3 Å². The lowest BCUT2D eigenvalue weighted by atomic mass is 9.81. The molecule has 0 saturated heterocycles. The van der Waals surface area contributed by atoms with Crippen molar-refractivity contribution >= 4 is 26.7 Å². The summed E-state index contributed by atoms with van der Waals surface area (Å²) < 4.78 is 30.7. The third-order valence-corrected chi connectivity index (χ3v) is 7.47. The molecule has 3 heterocycles. The minimum atomic E-state index is -3.38. The van der Waals surface area contributed by atoms with Crippen LogP contribution in [0.3, 0.4) is 0 Å². The Hall–Kier alpha value is -2.68. The molecule has 3 aromatic heterocycles. The van der Waals surface area contributed by atoms with Crippen LogP contribution in [0.25, 0.3) is 11.0 Å². The van der Waals surface area contributed by atoms with Crippen LogP contribution in [0.5, 0.6) is 5.88 Å². The summed E-state index contributed by atoms with van der Waals surface area (Å²) in [5, 5.41) is 0.973. The number of nitrogens with one attached hydrogen (secondary N) is 1. The lowest BCUT2D eigenvalue weighted by Gasteiger charge is -2.41. The number of sulfone groups is 1. The van der Waals surface area contributed by atoms with Crippen molar-refractivity contribution in [3.8, 4) is 5.88 Å². The fraction of sp³-hybridized carbons (Fsp3) is 0.421. The van der Waals surface area contributed by atoms with E-state index in [0.29, 0.717) is 11.4 Å². The van der Waals surface area contributed by atoms with Gasteiger partial charge < -0.3 is 14.6 Å². The van der Waals surface area contributed by atoms with Gasteiger partial charge in [0.2, 0.25) is 5.88 Å². The summed E-state index contributed by atoms with van der Waals surface area (Å²) in [6, 6.07) is 3.88. The van der Waals surface area contributed by atoms with E-state index in [2.05, 4.69) is 24.8 Å². The molecule has 8 nitrogen and oxygen atoms in total. The average molecular weight is 401 g/mol. The number of hydrogen-bond donors (Lipinski definition) is 1. The number of ether oxygens (including phenoxy) is 1. The molecule has 0 aromatic carbocycles. The number of hydrogen-bond acceptors (Lipinski definition) is 7. The van der Waals surface area contributed by atoms with E-state index in [1.54, 1.807) is 19.3 Å². The predicted octanol–water partition coefficient (Wildman–Crippen LogP) is 2.36. The second-order valence-electron chi connectivity index (χ2n) is 7.31. The Labute approximate surface area is 163 Å². The van der Waals surface area contributed by atoms with E-state index in [1.807, 2.05) is 19.3 Å². The third-order valence-electron chi connectivity index (χ3n) is 5.46. The standard InChI is InChI=1S/C19H23N5O3S/c1-12-6-17(27-3)21-9-16(12)28(25,26)10-13-7-14(8-13)24(2)19-15-4-5-20-18(15)22-11-23-19/h4-6,9,11,13-14H,7-8,10H2,1-3H3,(H,20,22,23)/t13-,14+. The van der Waals surface area contributed by atoms with E-state index in [4.69, 9.17) is 4.74 Å². The summed E-state index contributed by atoms with van der Waals surface area (Å²) in [6.07, 6.45) is 6.42. The van der Waals surface area contributed by atoms with Crippen LogP contribution in [-0.4, -0.2) is 54.3 Å². The highest BCUT2D eigenvalue weighted by atomic mass is 32.2. The molecule has 0 radical (unpaired) electrons. The summed E-state index contributed by atoms with van der Waals surface area (Å²) in [5.74, 6) is 1.55. The number of H-pyrrole nitrogens is 1. The van der Waals surface area contributed by atoms with Gasteiger partial charge in [0.05, 0.1) is 23.1 Å². The molecule has 1 aliphatic rings. The molecule has 28 heavy (non-hydrogen) atoms. The zero-order valence-corrected chi connectivity index (χ0v) is 16.9. The summed E-state index contributed by atoms with van der Waals surface area (Å²) in [5.41, 5.74) is 1.47. The first-order valence-electron chi connectivity index (χ1n) is 9.13. The second kappa shape index (κ2) is 7.05. The number of anilines is 1. The fourth-order valence-electron chi connectivity index (χ4n) is 3.82. The van der Waals surface area contributed by atoms with Crippen molar-refractivity contribution in [3.05, 3.63) is 36.4 Å². The molecule has 0 bridgehead atoms. The Morgan fingerprint density at radius 3 is 2.79 bits per heavy atom. The van der Waals surface area contributed by atoms with Crippen LogP contribution in [0, 0.1) is 12.8 Å². The van der Waals surface area contributed by atoms with Crippen molar-refractivity contribution in [1.82, 2.24) is 19.9 Å². The van der Waals surface area contributed by atoms with Crippen LogP contribution < -0.4 is 9.64 Å². The minimum absolute atomic E-state index is 0.127. The highest BCUT2D eigenvalue weighted by Gasteiger charge is 2.37. The van der Waals surface area contributed by atoms with Crippen molar-refractivity contribution < 1.29 is 13.2 Å². The highest BCUT2D eigenvalue weighted by Crippen LogP contribution is 2.37. The molecule has 148 valence electrons. The molecule has 0 aliphatic heterocycles. The Bertz CT molecular complexity index is 1110. The topological polar surface area (TPSA) is 101 Å². The van der Waals surface area contributed by atoms with Crippen LogP contribution >= 0.6 is 0 Å². The van der Waals surface area contributed by atoms with Crippen molar-refractivity contribution in [3.63, 3.8) is 0 Å². The summed E-state index contributed by atoms with van der Waals surface area (Å²) in [6.45, 7) is 1.77.